The first kappa shape index (κ1) is 27.6. The van der Waals surface area contributed by atoms with Crippen molar-refractivity contribution in [3.05, 3.63) is 143 Å². The van der Waals surface area contributed by atoms with Crippen LogP contribution in [0.1, 0.15) is 81.0 Å². The minimum absolute atomic E-state index is 0.0373. The van der Waals surface area contributed by atoms with Crippen molar-refractivity contribution >= 4 is 33.4 Å². The van der Waals surface area contributed by atoms with E-state index in [0.717, 1.165) is 36.5 Å². The van der Waals surface area contributed by atoms with E-state index in [1.807, 2.05) is 0 Å². The van der Waals surface area contributed by atoms with Crippen LogP contribution in [0.5, 0.6) is 0 Å². The third-order valence-electron chi connectivity index (χ3n) is 13.9. The molecular formula is C47H43N. The van der Waals surface area contributed by atoms with Crippen LogP contribution in [0.25, 0.3) is 27.5 Å². The summed E-state index contributed by atoms with van der Waals surface area (Å²) < 4.78 is 0. The first-order valence-electron chi connectivity index (χ1n) is 18.6. The van der Waals surface area contributed by atoms with Crippen molar-refractivity contribution in [3.8, 4) is 11.1 Å². The quantitative estimate of drug-likeness (QED) is 0.194. The molecule has 0 heterocycles. The zero-order chi connectivity index (χ0) is 31.8. The fourth-order valence-corrected chi connectivity index (χ4v) is 12.3. The van der Waals surface area contributed by atoms with Gasteiger partial charge in [0.15, 0.2) is 0 Å². The lowest BCUT2D eigenvalue weighted by Crippen LogP contribution is -2.55. The Labute approximate surface area is 285 Å². The maximum absolute atomic E-state index is 2.66. The van der Waals surface area contributed by atoms with E-state index in [-0.39, 0.29) is 10.8 Å². The molecule has 12 rings (SSSR count). The van der Waals surface area contributed by atoms with Gasteiger partial charge in [0.2, 0.25) is 0 Å². The van der Waals surface area contributed by atoms with Crippen molar-refractivity contribution in [2.45, 2.75) is 69.6 Å². The van der Waals surface area contributed by atoms with E-state index in [0.29, 0.717) is 0 Å². The van der Waals surface area contributed by atoms with Crippen molar-refractivity contribution < 1.29 is 0 Å². The molecule has 0 radical (unpaired) electrons. The first-order valence-corrected chi connectivity index (χ1v) is 18.6. The van der Waals surface area contributed by atoms with E-state index < -0.39 is 0 Å². The lowest BCUT2D eigenvalue weighted by atomic mass is 9.43. The molecule has 48 heavy (non-hydrogen) atoms. The molecule has 5 aromatic rings. The van der Waals surface area contributed by atoms with Crippen LogP contribution in [0.2, 0.25) is 0 Å². The molecule has 4 saturated carbocycles. The molecule has 7 aliphatic rings. The lowest BCUT2D eigenvalue weighted by molar-refractivity contribution is -0.0399. The Morgan fingerprint density at radius 1 is 0.604 bits per heavy atom. The lowest BCUT2D eigenvalue weighted by Gasteiger charge is -2.61. The number of anilines is 3. The normalized spacial score (nSPS) is 28.1. The third-order valence-corrected chi connectivity index (χ3v) is 13.9. The number of hydrogen-bond acceptors (Lipinski definition) is 1. The van der Waals surface area contributed by atoms with Gasteiger partial charge in [0.25, 0.3) is 0 Å². The summed E-state index contributed by atoms with van der Waals surface area (Å²) in [4.78, 5) is 2.60. The summed E-state index contributed by atoms with van der Waals surface area (Å²) in [6, 6.07) is 40.2. The van der Waals surface area contributed by atoms with E-state index >= 15 is 0 Å². The highest BCUT2D eigenvalue weighted by Gasteiger charge is 2.61. The predicted octanol–water partition coefficient (Wildman–Crippen LogP) is 12.4. The van der Waals surface area contributed by atoms with Gasteiger partial charge in [-0.3, -0.25) is 0 Å². The van der Waals surface area contributed by atoms with E-state index in [9.17, 15) is 0 Å². The number of benzene rings is 5. The van der Waals surface area contributed by atoms with E-state index in [4.69, 9.17) is 0 Å². The molecule has 0 N–H and O–H groups in total. The third kappa shape index (κ3) is 3.48. The largest absolute Gasteiger partial charge is 0.310 e. The minimum atomic E-state index is 0.0373. The van der Waals surface area contributed by atoms with Crippen molar-refractivity contribution in [2.75, 3.05) is 4.90 Å². The van der Waals surface area contributed by atoms with Crippen LogP contribution < -0.4 is 4.90 Å². The highest BCUT2D eigenvalue weighted by atomic mass is 15.1. The maximum atomic E-state index is 2.66. The van der Waals surface area contributed by atoms with Gasteiger partial charge in [-0.25, -0.2) is 0 Å². The fourth-order valence-electron chi connectivity index (χ4n) is 12.3. The van der Waals surface area contributed by atoms with E-state index in [1.54, 1.807) is 16.7 Å². The summed E-state index contributed by atoms with van der Waals surface area (Å²) >= 11 is 0. The SMILES string of the molecule is CC1(C)C2=C(CCC=C2)c2cc(N(c3ccc4c(c3)C3(c5ccccc5-4)C4CC5CC(C4)CC3C5)c3cccc4ccccc34)ccc21. The molecule has 7 aliphatic carbocycles. The summed E-state index contributed by atoms with van der Waals surface area (Å²) in [6.07, 6.45) is 14.1. The smallest absolute Gasteiger partial charge is 0.0540 e. The Hall–Kier alpha value is -4.36. The Morgan fingerprint density at radius 2 is 1.31 bits per heavy atom. The zero-order valence-electron chi connectivity index (χ0n) is 28.2. The van der Waals surface area contributed by atoms with E-state index in [1.165, 1.54) is 87.8 Å². The Morgan fingerprint density at radius 3 is 2.17 bits per heavy atom. The number of fused-ring (bicyclic) bond motifs is 6. The topological polar surface area (TPSA) is 3.24 Å². The Kier molecular flexibility index (Phi) is 5.53. The van der Waals surface area contributed by atoms with Crippen molar-refractivity contribution in [1.82, 2.24) is 0 Å². The maximum Gasteiger partial charge on any atom is 0.0540 e. The van der Waals surface area contributed by atoms with Gasteiger partial charge < -0.3 is 4.90 Å². The van der Waals surface area contributed by atoms with Gasteiger partial charge in [-0.05, 0) is 149 Å². The molecular weight excluding hydrogens is 579 g/mol. The summed E-state index contributed by atoms with van der Waals surface area (Å²) in [5.41, 5.74) is 16.2. The zero-order valence-corrected chi connectivity index (χ0v) is 28.2. The van der Waals surface area contributed by atoms with Crippen molar-refractivity contribution in [1.29, 1.82) is 0 Å². The molecule has 0 amide bonds. The molecule has 4 fully saturated rings. The molecule has 0 saturated heterocycles. The van der Waals surface area contributed by atoms with Crippen LogP contribution in [0.4, 0.5) is 17.1 Å². The van der Waals surface area contributed by atoms with Crippen molar-refractivity contribution in [3.63, 3.8) is 0 Å². The predicted molar refractivity (Wildman–Crippen MR) is 200 cm³/mol. The molecule has 0 atom stereocenters. The summed E-state index contributed by atoms with van der Waals surface area (Å²) in [5, 5.41) is 2.59. The van der Waals surface area contributed by atoms with Crippen molar-refractivity contribution in [2.24, 2.45) is 23.7 Å². The average molecular weight is 622 g/mol. The highest BCUT2D eigenvalue weighted by molar-refractivity contribution is 6.00. The van der Waals surface area contributed by atoms with Gasteiger partial charge >= 0.3 is 0 Å². The molecule has 5 aromatic carbocycles. The van der Waals surface area contributed by atoms with Crippen LogP contribution in [0.3, 0.4) is 0 Å². The van der Waals surface area contributed by atoms with Crippen LogP contribution in [-0.2, 0) is 10.8 Å². The monoisotopic (exact) mass is 621 g/mol. The molecule has 236 valence electrons. The minimum Gasteiger partial charge on any atom is -0.310 e. The number of nitrogens with zero attached hydrogens (tertiary/aromatic N) is 1. The Balaban J connectivity index is 1.15. The van der Waals surface area contributed by atoms with Crippen LogP contribution in [0, 0.1) is 23.7 Å². The van der Waals surface area contributed by atoms with Gasteiger partial charge in [0.1, 0.15) is 0 Å². The molecule has 0 aromatic heterocycles. The van der Waals surface area contributed by atoms with Gasteiger partial charge in [0, 0.05) is 27.6 Å². The number of allylic oxidation sites excluding steroid dienone is 4. The molecule has 1 nitrogen and oxygen atoms in total. The standard InChI is InChI=1S/C47H43N/c1-46(2)41-15-7-5-14-38(41)40-27-34(19-21-42(40)46)48(45-17-9-11-31-10-3-4-12-36(31)45)35-18-20-39-37-13-6-8-16-43(37)47(44(39)28-35)32-23-29-22-30(25-32)26-33(47)24-29/h3-4,6-13,15-21,27-30,32-33H,5,14,22-26H2,1-2H3. The number of hydrogen-bond donors (Lipinski definition) is 0. The van der Waals surface area contributed by atoms with Crippen LogP contribution in [-0.4, -0.2) is 0 Å². The van der Waals surface area contributed by atoms with Gasteiger partial charge in [0.05, 0.1) is 5.69 Å². The van der Waals surface area contributed by atoms with Gasteiger partial charge in [-0.2, -0.15) is 0 Å². The summed E-state index contributed by atoms with van der Waals surface area (Å²) in [6.45, 7) is 4.82. The Bertz CT molecular complexity index is 2210. The second-order valence-corrected chi connectivity index (χ2v) is 16.5. The highest BCUT2D eigenvalue weighted by Crippen LogP contribution is 2.69. The second kappa shape index (κ2) is 9.63. The summed E-state index contributed by atoms with van der Waals surface area (Å²) in [7, 11) is 0. The molecule has 1 spiro atoms. The number of rotatable bonds is 3. The molecule has 4 bridgehead atoms. The van der Waals surface area contributed by atoms with Crippen LogP contribution >= 0.6 is 0 Å². The van der Waals surface area contributed by atoms with E-state index in [2.05, 4.69) is 134 Å². The first-order chi connectivity index (χ1) is 23.5. The molecule has 0 unspecified atom stereocenters. The average Bonchev–Trinajstić information content (AvgIpc) is 3.53. The molecule has 0 aliphatic heterocycles. The van der Waals surface area contributed by atoms with Gasteiger partial charge in [-0.1, -0.05) is 98.8 Å². The van der Waals surface area contributed by atoms with Crippen LogP contribution in [0.15, 0.2) is 121 Å². The fraction of sp³-hybridized carbons (Fsp3) is 0.319. The molecule has 1 heteroatoms. The van der Waals surface area contributed by atoms with Gasteiger partial charge in [-0.15, -0.1) is 0 Å². The second-order valence-electron chi connectivity index (χ2n) is 16.5. The summed E-state index contributed by atoms with van der Waals surface area (Å²) in [5.74, 6) is 3.39.